The summed E-state index contributed by atoms with van der Waals surface area (Å²) in [6, 6.07) is 7.18. The minimum absolute atomic E-state index is 0.276. The number of halogens is 3. The Bertz CT molecular complexity index is 706. The summed E-state index contributed by atoms with van der Waals surface area (Å²) in [6.07, 6.45) is 6.26. The van der Waals surface area contributed by atoms with Gasteiger partial charge < -0.3 is 0 Å². The lowest BCUT2D eigenvalue weighted by molar-refractivity contribution is 0.406. The van der Waals surface area contributed by atoms with E-state index < -0.39 is 11.6 Å². The SMILES string of the molecule is CCCCC1CCc2c(ccc(-c3ccc(F)c(F)c3)c2F)C1. The molecular weight excluding hydrogens is 297 g/mol. The van der Waals surface area contributed by atoms with Crippen LogP contribution in [0.1, 0.15) is 43.7 Å². The van der Waals surface area contributed by atoms with Gasteiger partial charge in [-0.3, -0.25) is 0 Å². The second kappa shape index (κ2) is 6.77. The molecule has 0 fully saturated rings. The normalized spacial score (nSPS) is 17.1. The van der Waals surface area contributed by atoms with Crippen molar-refractivity contribution < 1.29 is 13.2 Å². The highest BCUT2D eigenvalue weighted by Gasteiger charge is 2.23. The number of fused-ring (bicyclic) bond motifs is 1. The van der Waals surface area contributed by atoms with Gasteiger partial charge in [0.2, 0.25) is 0 Å². The summed E-state index contributed by atoms with van der Waals surface area (Å²) in [6.45, 7) is 2.19. The molecule has 23 heavy (non-hydrogen) atoms. The molecule has 1 unspecified atom stereocenters. The second-order valence-electron chi connectivity index (χ2n) is 6.44. The standard InChI is InChI=1S/C20H21F3/c1-2-3-4-13-5-8-16-14(11-13)6-9-17(20(16)23)15-7-10-18(21)19(22)12-15/h6-7,9-10,12-13H,2-5,8,11H2,1H3. The maximum atomic E-state index is 14.8. The van der Waals surface area contributed by atoms with Crippen molar-refractivity contribution in [3.8, 4) is 11.1 Å². The van der Waals surface area contributed by atoms with E-state index in [2.05, 4.69) is 6.92 Å². The van der Waals surface area contributed by atoms with Crippen LogP contribution in [-0.4, -0.2) is 0 Å². The Balaban J connectivity index is 1.90. The van der Waals surface area contributed by atoms with E-state index in [1.54, 1.807) is 6.07 Å². The molecule has 2 aromatic carbocycles. The molecule has 1 atom stereocenters. The topological polar surface area (TPSA) is 0 Å². The molecule has 0 saturated heterocycles. The van der Waals surface area contributed by atoms with Crippen LogP contribution in [0.15, 0.2) is 30.3 Å². The monoisotopic (exact) mass is 318 g/mol. The van der Waals surface area contributed by atoms with Crippen molar-refractivity contribution in [1.29, 1.82) is 0 Å². The summed E-state index contributed by atoms with van der Waals surface area (Å²) in [5, 5.41) is 0. The highest BCUT2D eigenvalue weighted by atomic mass is 19.2. The van der Waals surface area contributed by atoms with Gasteiger partial charge in [-0.25, -0.2) is 13.2 Å². The first kappa shape index (κ1) is 16.1. The van der Waals surface area contributed by atoms with Crippen LogP contribution in [-0.2, 0) is 12.8 Å². The zero-order valence-electron chi connectivity index (χ0n) is 13.3. The Kier molecular flexibility index (Phi) is 4.74. The van der Waals surface area contributed by atoms with Crippen LogP contribution in [0.4, 0.5) is 13.2 Å². The summed E-state index contributed by atoms with van der Waals surface area (Å²) in [5.74, 6) is -1.50. The van der Waals surface area contributed by atoms with E-state index in [9.17, 15) is 13.2 Å². The average Bonchev–Trinajstić information content (AvgIpc) is 2.56. The van der Waals surface area contributed by atoms with Crippen LogP contribution in [0.2, 0.25) is 0 Å². The zero-order chi connectivity index (χ0) is 16.4. The quantitative estimate of drug-likeness (QED) is 0.642. The number of unbranched alkanes of at least 4 members (excludes halogenated alkanes) is 1. The molecule has 0 spiro atoms. The van der Waals surface area contributed by atoms with Crippen LogP contribution in [0.3, 0.4) is 0 Å². The first-order valence-electron chi connectivity index (χ1n) is 8.35. The molecule has 0 radical (unpaired) electrons. The van der Waals surface area contributed by atoms with Crippen LogP contribution in [0, 0.1) is 23.4 Å². The molecule has 0 bridgehead atoms. The second-order valence-corrected chi connectivity index (χ2v) is 6.44. The largest absolute Gasteiger partial charge is 0.206 e. The summed E-state index contributed by atoms with van der Waals surface area (Å²) < 4.78 is 41.3. The van der Waals surface area contributed by atoms with Crippen molar-refractivity contribution >= 4 is 0 Å². The molecular formula is C20H21F3. The minimum atomic E-state index is -0.945. The van der Waals surface area contributed by atoms with Crippen molar-refractivity contribution in [3.63, 3.8) is 0 Å². The fraction of sp³-hybridized carbons (Fsp3) is 0.400. The van der Waals surface area contributed by atoms with E-state index in [4.69, 9.17) is 0 Å². The molecule has 0 N–H and O–H groups in total. The Labute approximate surface area is 135 Å². The molecule has 3 heteroatoms. The molecule has 0 heterocycles. The molecule has 0 amide bonds. The predicted octanol–water partition coefficient (Wildman–Crippen LogP) is 6.07. The van der Waals surface area contributed by atoms with Crippen molar-refractivity contribution in [2.24, 2.45) is 5.92 Å². The van der Waals surface area contributed by atoms with Crippen molar-refractivity contribution in [1.82, 2.24) is 0 Å². The summed E-state index contributed by atoms with van der Waals surface area (Å²) in [4.78, 5) is 0. The smallest absolute Gasteiger partial charge is 0.159 e. The third kappa shape index (κ3) is 3.29. The molecule has 1 aliphatic rings. The Hall–Kier alpha value is -1.77. The summed E-state index contributed by atoms with van der Waals surface area (Å²) in [5.41, 5.74) is 2.56. The van der Waals surface area contributed by atoms with Crippen LogP contribution in [0.25, 0.3) is 11.1 Å². The average molecular weight is 318 g/mol. The maximum absolute atomic E-state index is 14.8. The lowest BCUT2D eigenvalue weighted by Crippen LogP contribution is -2.16. The van der Waals surface area contributed by atoms with E-state index in [0.29, 0.717) is 17.0 Å². The van der Waals surface area contributed by atoms with Gasteiger partial charge in [-0.05, 0) is 54.0 Å². The Morgan fingerprint density at radius 3 is 2.61 bits per heavy atom. The highest BCUT2D eigenvalue weighted by Crippen LogP contribution is 2.35. The summed E-state index contributed by atoms with van der Waals surface area (Å²) in [7, 11) is 0. The van der Waals surface area contributed by atoms with Crippen LogP contribution >= 0.6 is 0 Å². The van der Waals surface area contributed by atoms with E-state index >= 15 is 0 Å². The number of benzene rings is 2. The Morgan fingerprint density at radius 2 is 1.87 bits per heavy atom. The third-order valence-corrected chi connectivity index (χ3v) is 4.85. The van der Waals surface area contributed by atoms with Gasteiger partial charge in [0.25, 0.3) is 0 Å². The first-order valence-corrected chi connectivity index (χ1v) is 8.35. The lowest BCUT2D eigenvalue weighted by Gasteiger charge is -2.25. The molecule has 0 nitrogen and oxygen atoms in total. The van der Waals surface area contributed by atoms with Crippen molar-refractivity contribution in [2.75, 3.05) is 0 Å². The molecule has 0 aliphatic heterocycles. The molecule has 3 rings (SSSR count). The van der Waals surface area contributed by atoms with Gasteiger partial charge >= 0.3 is 0 Å². The fourth-order valence-electron chi connectivity index (χ4n) is 3.51. The molecule has 0 saturated carbocycles. The molecule has 122 valence electrons. The van der Waals surface area contributed by atoms with Gasteiger partial charge in [-0.1, -0.05) is 44.4 Å². The first-order chi connectivity index (χ1) is 11.1. The zero-order valence-corrected chi connectivity index (χ0v) is 13.3. The van der Waals surface area contributed by atoms with Gasteiger partial charge in [0.1, 0.15) is 5.82 Å². The number of hydrogen-bond donors (Lipinski definition) is 0. The van der Waals surface area contributed by atoms with Crippen molar-refractivity contribution in [3.05, 3.63) is 58.9 Å². The third-order valence-electron chi connectivity index (χ3n) is 4.85. The lowest BCUT2D eigenvalue weighted by atomic mass is 9.80. The van der Waals surface area contributed by atoms with Gasteiger partial charge in [0.15, 0.2) is 11.6 Å². The minimum Gasteiger partial charge on any atom is -0.206 e. The molecule has 2 aromatic rings. The molecule has 1 aliphatic carbocycles. The number of rotatable bonds is 4. The van der Waals surface area contributed by atoms with Gasteiger partial charge in [0, 0.05) is 5.56 Å². The van der Waals surface area contributed by atoms with E-state index in [1.165, 1.54) is 25.3 Å². The van der Waals surface area contributed by atoms with E-state index in [1.807, 2.05) is 6.07 Å². The maximum Gasteiger partial charge on any atom is 0.159 e. The summed E-state index contributed by atoms with van der Waals surface area (Å²) >= 11 is 0. The van der Waals surface area contributed by atoms with Crippen LogP contribution in [0.5, 0.6) is 0 Å². The van der Waals surface area contributed by atoms with Gasteiger partial charge in [0.05, 0.1) is 0 Å². The van der Waals surface area contributed by atoms with Crippen LogP contribution < -0.4 is 0 Å². The van der Waals surface area contributed by atoms with Crippen molar-refractivity contribution in [2.45, 2.75) is 45.4 Å². The van der Waals surface area contributed by atoms with E-state index in [-0.39, 0.29) is 5.82 Å². The van der Waals surface area contributed by atoms with Gasteiger partial charge in [-0.15, -0.1) is 0 Å². The number of hydrogen-bond acceptors (Lipinski definition) is 0. The fourth-order valence-corrected chi connectivity index (χ4v) is 3.51. The highest BCUT2D eigenvalue weighted by molar-refractivity contribution is 5.66. The van der Waals surface area contributed by atoms with E-state index in [0.717, 1.165) is 42.5 Å². The molecule has 0 aromatic heterocycles. The predicted molar refractivity (Wildman–Crippen MR) is 86.8 cm³/mol. The van der Waals surface area contributed by atoms with Gasteiger partial charge in [-0.2, -0.15) is 0 Å². The Morgan fingerprint density at radius 1 is 1.04 bits per heavy atom.